The number of nitrogens with two attached hydrogens (primary N) is 2. The van der Waals surface area contributed by atoms with Crippen molar-refractivity contribution in [3.8, 4) is 11.5 Å². The van der Waals surface area contributed by atoms with Crippen LogP contribution in [0.1, 0.15) is 5.56 Å². The predicted octanol–water partition coefficient (Wildman–Crippen LogP) is 0.719. The third-order valence-corrected chi connectivity index (χ3v) is 2.07. The molecule has 2 aromatic heterocycles. The van der Waals surface area contributed by atoms with Crippen molar-refractivity contribution >= 4 is 5.82 Å². The number of anilines is 1. The lowest BCUT2D eigenvalue weighted by molar-refractivity contribution is 0.621. The third kappa shape index (κ3) is 1.96. The first-order valence-corrected chi connectivity index (χ1v) is 4.64. The van der Waals surface area contributed by atoms with Crippen LogP contribution in [0, 0.1) is 5.82 Å². The molecule has 2 aromatic rings. The summed E-state index contributed by atoms with van der Waals surface area (Å²) in [4.78, 5) is 12.0. The molecule has 6 heteroatoms. The van der Waals surface area contributed by atoms with Crippen LogP contribution >= 0.6 is 0 Å². The molecule has 0 saturated heterocycles. The van der Waals surface area contributed by atoms with E-state index in [0.29, 0.717) is 22.9 Å². The first kappa shape index (κ1) is 10.4. The van der Waals surface area contributed by atoms with Crippen LogP contribution in [0.4, 0.5) is 10.2 Å². The van der Waals surface area contributed by atoms with Crippen LogP contribution in [0.2, 0.25) is 0 Å². The summed E-state index contributed by atoms with van der Waals surface area (Å²) in [6.45, 7) is 0.281. The number of halogens is 1. The van der Waals surface area contributed by atoms with Crippen molar-refractivity contribution in [3.63, 3.8) is 0 Å². The fourth-order valence-electron chi connectivity index (χ4n) is 1.21. The minimum absolute atomic E-state index is 0.281. The maximum absolute atomic E-state index is 12.7. The van der Waals surface area contributed by atoms with E-state index in [9.17, 15) is 4.39 Å². The highest BCUT2D eigenvalue weighted by molar-refractivity contribution is 5.52. The summed E-state index contributed by atoms with van der Waals surface area (Å²) in [5, 5.41) is 0. The second kappa shape index (κ2) is 4.19. The zero-order valence-corrected chi connectivity index (χ0v) is 8.39. The van der Waals surface area contributed by atoms with Crippen molar-refractivity contribution in [2.24, 2.45) is 5.73 Å². The maximum Gasteiger partial charge on any atom is 0.180 e. The number of pyridine rings is 1. The molecule has 0 unspecified atom stereocenters. The highest BCUT2D eigenvalue weighted by Crippen LogP contribution is 2.15. The van der Waals surface area contributed by atoms with Crippen LogP contribution < -0.4 is 11.5 Å². The van der Waals surface area contributed by atoms with Crippen molar-refractivity contribution in [2.45, 2.75) is 6.54 Å². The van der Waals surface area contributed by atoms with Gasteiger partial charge in [0.15, 0.2) is 5.82 Å². The summed E-state index contributed by atoms with van der Waals surface area (Å²) in [5.41, 5.74) is 12.2. The van der Waals surface area contributed by atoms with E-state index in [1.807, 2.05) is 0 Å². The second-order valence-corrected chi connectivity index (χ2v) is 3.17. The van der Waals surface area contributed by atoms with Crippen molar-refractivity contribution in [1.82, 2.24) is 15.0 Å². The fourth-order valence-corrected chi connectivity index (χ4v) is 1.21. The normalized spacial score (nSPS) is 10.4. The first-order valence-electron chi connectivity index (χ1n) is 4.64. The van der Waals surface area contributed by atoms with E-state index in [2.05, 4.69) is 15.0 Å². The highest BCUT2D eigenvalue weighted by Gasteiger charge is 2.06. The summed E-state index contributed by atoms with van der Waals surface area (Å²) < 4.78 is 12.7. The topological polar surface area (TPSA) is 90.7 Å². The minimum atomic E-state index is -0.407. The van der Waals surface area contributed by atoms with Gasteiger partial charge in [-0.15, -0.1) is 0 Å². The molecule has 0 aromatic carbocycles. The van der Waals surface area contributed by atoms with Gasteiger partial charge in [-0.25, -0.2) is 19.3 Å². The zero-order valence-electron chi connectivity index (χ0n) is 8.39. The lowest BCUT2D eigenvalue weighted by atomic mass is 10.3. The molecule has 0 aliphatic rings. The number of aromatic nitrogens is 3. The molecule has 0 aliphatic carbocycles. The average Bonchev–Trinajstić information content (AvgIpc) is 2.30. The quantitative estimate of drug-likeness (QED) is 0.776. The Labute approximate surface area is 91.4 Å². The third-order valence-electron chi connectivity index (χ3n) is 2.07. The molecule has 2 heterocycles. The van der Waals surface area contributed by atoms with Crippen LogP contribution in [0.5, 0.6) is 0 Å². The van der Waals surface area contributed by atoms with Crippen LogP contribution in [-0.2, 0) is 6.54 Å². The van der Waals surface area contributed by atoms with E-state index >= 15 is 0 Å². The molecule has 4 N–H and O–H groups in total. The molecular weight excluding hydrogens is 209 g/mol. The first-order chi connectivity index (χ1) is 7.70. The van der Waals surface area contributed by atoms with Gasteiger partial charge < -0.3 is 11.5 Å². The van der Waals surface area contributed by atoms with Crippen molar-refractivity contribution in [1.29, 1.82) is 0 Å². The lowest BCUT2D eigenvalue weighted by Gasteiger charge is -2.03. The Morgan fingerprint density at radius 3 is 2.56 bits per heavy atom. The Morgan fingerprint density at radius 1 is 1.19 bits per heavy atom. The Balaban J connectivity index is 2.41. The average molecular weight is 219 g/mol. The van der Waals surface area contributed by atoms with Gasteiger partial charge in [-0.05, 0) is 12.1 Å². The van der Waals surface area contributed by atoms with E-state index in [0.717, 1.165) is 6.20 Å². The summed E-state index contributed by atoms with van der Waals surface area (Å²) in [6.07, 6.45) is 2.65. The molecule has 82 valence electrons. The van der Waals surface area contributed by atoms with Gasteiger partial charge in [0, 0.05) is 18.3 Å². The van der Waals surface area contributed by atoms with Gasteiger partial charge in [0.25, 0.3) is 0 Å². The molecule has 5 nitrogen and oxygen atoms in total. The lowest BCUT2D eigenvalue weighted by Crippen LogP contribution is -2.06. The van der Waals surface area contributed by atoms with Gasteiger partial charge in [0.1, 0.15) is 17.3 Å². The molecule has 0 fully saturated rings. The molecule has 0 atom stereocenters. The van der Waals surface area contributed by atoms with E-state index in [1.165, 1.54) is 12.1 Å². The van der Waals surface area contributed by atoms with Crippen LogP contribution in [0.3, 0.4) is 0 Å². The Hall–Kier alpha value is -2.08. The largest absolute Gasteiger partial charge is 0.383 e. The van der Waals surface area contributed by atoms with Crippen LogP contribution in [0.25, 0.3) is 11.5 Å². The van der Waals surface area contributed by atoms with Gasteiger partial charge in [-0.2, -0.15) is 0 Å². The Bertz CT molecular complexity index is 497. The molecule has 16 heavy (non-hydrogen) atoms. The number of nitrogen functional groups attached to an aromatic ring is 1. The van der Waals surface area contributed by atoms with Crippen molar-refractivity contribution < 1.29 is 4.39 Å². The van der Waals surface area contributed by atoms with E-state index < -0.39 is 5.82 Å². The molecular formula is C10H10FN5. The summed E-state index contributed by atoms with van der Waals surface area (Å²) in [6, 6.07) is 2.78. The van der Waals surface area contributed by atoms with Gasteiger partial charge in [-0.1, -0.05) is 0 Å². The number of hydrogen-bond donors (Lipinski definition) is 2. The fraction of sp³-hybridized carbons (Fsp3) is 0.100. The minimum Gasteiger partial charge on any atom is -0.383 e. The predicted molar refractivity (Wildman–Crippen MR) is 57.5 cm³/mol. The van der Waals surface area contributed by atoms with Gasteiger partial charge in [0.05, 0.1) is 6.20 Å². The molecule has 0 aliphatic heterocycles. The molecule has 0 radical (unpaired) electrons. The second-order valence-electron chi connectivity index (χ2n) is 3.17. The summed E-state index contributed by atoms with van der Waals surface area (Å²) in [5.74, 6) is 0.267. The van der Waals surface area contributed by atoms with E-state index in [-0.39, 0.29) is 6.54 Å². The molecule has 0 spiro atoms. The molecule has 0 amide bonds. The highest BCUT2D eigenvalue weighted by atomic mass is 19.1. The van der Waals surface area contributed by atoms with Crippen LogP contribution in [-0.4, -0.2) is 15.0 Å². The van der Waals surface area contributed by atoms with Gasteiger partial charge >= 0.3 is 0 Å². The van der Waals surface area contributed by atoms with Gasteiger partial charge in [0.2, 0.25) is 0 Å². The van der Waals surface area contributed by atoms with E-state index in [4.69, 9.17) is 11.5 Å². The summed E-state index contributed by atoms with van der Waals surface area (Å²) >= 11 is 0. The van der Waals surface area contributed by atoms with Crippen molar-refractivity contribution in [3.05, 3.63) is 35.9 Å². The Morgan fingerprint density at radius 2 is 2.00 bits per heavy atom. The van der Waals surface area contributed by atoms with Crippen LogP contribution in [0.15, 0.2) is 24.5 Å². The molecule has 0 saturated carbocycles. The smallest absolute Gasteiger partial charge is 0.180 e. The Kier molecular flexibility index (Phi) is 2.74. The SMILES string of the molecule is NCc1cnc(-c2ccc(F)cn2)nc1N. The van der Waals surface area contributed by atoms with E-state index in [1.54, 1.807) is 6.20 Å². The van der Waals surface area contributed by atoms with Gasteiger partial charge in [-0.3, -0.25) is 0 Å². The zero-order chi connectivity index (χ0) is 11.5. The standard InChI is InChI=1S/C10H10FN5/c11-7-1-2-8(14-5-7)10-15-4-6(3-12)9(13)16-10/h1-2,4-5H,3,12H2,(H2,13,15,16). The molecule has 0 bridgehead atoms. The maximum atomic E-state index is 12.7. The number of nitrogens with zero attached hydrogens (tertiary/aromatic N) is 3. The molecule has 2 rings (SSSR count). The number of hydrogen-bond acceptors (Lipinski definition) is 5. The van der Waals surface area contributed by atoms with Crippen molar-refractivity contribution in [2.75, 3.05) is 5.73 Å². The monoisotopic (exact) mass is 219 g/mol. The number of rotatable bonds is 2. The summed E-state index contributed by atoms with van der Waals surface area (Å²) in [7, 11) is 0.